The quantitative estimate of drug-likeness (QED) is 0.794. The summed E-state index contributed by atoms with van der Waals surface area (Å²) in [4.78, 5) is 4.23. The Morgan fingerprint density at radius 3 is 2.32 bits per heavy atom. The Kier molecular flexibility index (Phi) is 4.49. The van der Waals surface area contributed by atoms with Crippen molar-refractivity contribution in [1.82, 2.24) is 0 Å². The summed E-state index contributed by atoms with van der Waals surface area (Å²) >= 11 is 1.87. The molecule has 0 bridgehead atoms. The van der Waals surface area contributed by atoms with Gasteiger partial charge in [-0.3, -0.25) is 0 Å². The Balaban J connectivity index is 1.84. The number of ether oxygens (including phenoxy) is 1. The number of hydrogen-bond acceptors (Lipinski definition) is 2. The minimum atomic E-state index is 0.361. The minimum Gasteiger partial charge on any atom is -0.372 e. The third-order valence-electron chi connectivity index (χ3n) is 3.08. The molecule has 19 heavy (non-hydrogen) atoms. The molecule has 0 amide bonds. The molecular formula is C16H17OS2+. The lowest BCUT2D eigenvalue weighted by atomic mass is 10.4. The summed E-state index contributed by atoms with van der Waals surface area (Å²) in [5.74, 6) is 2.35. The molecule has 0 unspecified atom stereocenters. The van der Waals surface area contributed by atoms with Crippen molar-refractivity contribution >= 4 is 22.7 Å². The van der Waals surface area contributed by atoms with Crippen molar-refractivity contribution < 1.29 is 4.74 Å². The van der Waals surface area contributed by atoms with Crippen LogP contribution in [0.4, 0.5) is 0 Å². The van der Waals surface area contributed by atoms with Gasteiger partial charge >= 0.3 is 0 Å². The van der Waals surface area contributed by atoms with Crippen LogP contribution in [0.2, 0.25) is 0 Å². The fourth-order valence-corrected chi connectivity index (χ4v) is 5.38. The molecule has 0 N–H and O–H groups in total. The molecule has 1 fully saturated rings. The van der Waals surface area contributed by atoms with Crippen molar-refractivity contribution in [2.75, 3.05) is 24.7 Å². The van der Waals surface area contributed by atoms with Gasteiger partial charge in [-0.2, -0.15) is 0 Å². The average Bonchev–Trinajstić information content (AvgIpc) is 2.50. The van der Waals surface area contributed by atoms with E-state index in [2.05, 4.69) is 54.6 Å². The Labute approximate surface area is 121 Å². The molecule has 98 valence electrons. The van der Waals surface area contributed by atoms with Crippen molar-refractivity contribution in [3.63, 3.8) is 0 Å². The van der Waals surface area contributed by atoms with Crippen LogP contribution in [0, 0.1) is 0 Å². The molecule has 1 aliphatic heterocycles. The highest BCUT2D eigenvalue weighted by atomic mass is 32.2. The molecule has 2 aromatic rings. The van der Waals surface area contributed by atoms with Gasteiger partial charge in [0.2, 0.25) is 0 Å². The summed E-state index contributed by atoms with van der Waals surface area (Å²) in [5, 5.41) is 0. The summed E-state index contributed by atoms with van der Waals surface area (Å²) in [6.45, 7) is 1.82. The zero-order chi connectivity index (χ0) is 12.9. The van der Waals surface area contributed by atoms with E-state index in [-0.39, 0.29) is 0 Å². The van der Waals surface area contributed by atoms with Gasteiger partial charge in [-0.1, -0.05) is 42.1 Å². The van der Waals surface area contributed by atoms with Crippen LogP contribution in [-0.2, 0) is 15.6 Å². The second-order valence-electron chi connectivity index (χ2n) is 4.38. The lowest BCUT2D eigenvalue weighted by Gasteiger charge is -2.16. The van der Waals surface area contributed by atoms with Gasteiger partial charge in [-0.25, -0.2) is 0 Å². The highest BCUT2D eigenvalue weighted by Crippen LogP contribution is 2.34. The first-order chi connectivity index (χ1) is 9.43. The van der Waals surface area contributed by atoms with Crippen molar-refractivity contribution in [3.05, 3.63) is 54.6 Å². The zero-order valence-electron chi connectivity index (χ0n) is 10.7. The number of rotatable bonds is 3. The Morgan fingerprint density at radius 2 is 1.53 bits per heavy atom. The summed E-state index contributed by atoms with van der Waals surface area (Å²) in [6.07, 6.45) is 0. The third-order valence-corrected chi connectivity index (χ3v) is 6.59. The van der Waals surface area contributed by atoms with Gasteiger partial charge in [0.25, 0.3) is 0 Å². The normalized spacial score (nSPS) is 16.4. The molecule has 2 aromatic carbocycles. The molecule has 1 saturated heterocycles. The lowest BCUT2D eigenvalue weighted by molar-refractivity contribution is 0.159. The van der Waals surface area contributed by atoms with E-state index in [0.29, 0.717) is 10.9 Å². The Hall–Kier alpha value is -0.900. The summed E-state index contributed by atoms with van der Waals surface area (Å²) in [5.41, 5.74) is 0. The van der Waals surface area contributed by atoms with Gasteiger partial charge < -0.3 is 4.74 Å². The molecule has 3 rings (SSSR count). The Morgan fingerprint density at radius 1 is 0.842 bits per heavy atom. The van der Waals surface area contributed by atoms with E-state index in [1.165, 1.54) is 26.2 Å². The first-order valence-electron chi connectivity index (χ1n) is 6.51. The number of hydrogen-bond donors (Lipinski definition) is 0. The van der Waals surface area contributed by atoms with E-state index in [0.717, 1.165) is 13.2 Å². The van der Waals surface area contributed by atoms with E-state index in [4.69, 9.17) is 4.74 Å². The topological polar surface area (TPSA) is 9.23 Å². The van der Waals surface area contributed by atoms with Crippen LogP contribution in [0.1, 0.15) is 0 Å². The third kappa shape index (κ3) is 3.35. The van der Waals surface area contributed by atoms with Gasteiger partial charge in [0.1, 0.15) is 11.5 Å². The van der Waals surface area contributed by atoms with Crippen LogP contribution in [0.5, 0.6) is 0 Å². The van der Waals surface area contributed by atoms with Crippen molar-refractivity contribution in [3.8, 4) is 0 Å². The highest BCUT2D eigenvalue weighted by Gasteiger charge is 2.27. The van der Waals surface area contributed by atoms with Gasteiger partial charge in [0, 0.05) is 15.8 Å². The summed E-state index contributed by atoms with van der Waals surface area (Å²) in [7, 11) is 0.361. The maximum atomic E-state index is 5.48. The summed E-state index contributed by atoms with van der Waals surface area (Å²) < 4.78 is 5.48. The van der Waals surface area contributed by atoms with E-state index < -0.39 is 0 Å². The molecule has 0 saturated carbocycles. The van der Waals surface area contributed by atoms with Crippen molar-refractivity contribution in [2.24, 2.45) is 0 Å². The van der Waals surface area contributed by atoms with Gasteiger partial charge in [-0.05, 0) is 24.3 Å². The van der Waals surface area contributed by atoms with Crippen molar-refractivity contribution in [2.45, 2.75) is 14.7 Å². The second kappa shape index (κ2) is 6.51. The van der Waals surface area contributed by atoms with E-state index in [1.54, 1.807) is 0 Å². The second-order valence-corrected chi connectivity index (χ2v) is 7.73. The largest absolute Gasteiger partial charge is 0.372 e. The first-order valence-corrected chi connectivity index (χ1v) is 8.88. The number of benzene rings is 2. The van der Waals surface area contributed by atoms with Gasteiger partial charge in [0.05, 0.1) is 18.1 Å². The molecule has 0 aliphatic carbocycles. The smallest absolute Gasteiger partial charge is 0.168 e. The zero-order valence-corrected chi connectivity index (χ0v) is 12.4. The van der Waals surface area contributed by atoms with Gasteiger partial charge in [0.15, 0.2) is 4.90 Å². The van der Waals surface area contributed by atoms with Crippen molar-refractivity contribution in [1.29, 1.82) is 0 Å². The standard InChI is InChI=1S/C16H17OS2/c1-2-6-14(7-3-1)18-15-8-4-5-9-16(15)19-12-10-17-11-13-19/h1-9H,10-13H2/q+1. The fourth-order valence-electron chi connectivity index (χ4n) is 2.13. The molecule has 3 heteroatoms. The molecule has 0 aromatic heterocycles. The Bertz CT molecular complexity index is 521. The maximum Gasteiger partial charge on any atom is 0.168 e. The highest BCUT2D eigenvalue weighted by molar-refractivity contribution is 8.01. The lowest BCUT2D eigenvalue weighted by Crippen LogP contribution is -2.26. The molecule has 0 spiro atoms. The van der Waals surface area contributed by atoms with Crippen LogP contribution >= 0.6 is 11.8 Å². The van der Waals surface area contributed by atoms with Crippen LogP contribution in [0.25, 0.3) is 0 Å². The minimum absolute atomic E-state index is 0.361. The first kappa shape index (κ1) is 13.1. The average molecular weight is 289 g/mol. The summed E-state index contributed by atoms with van der Waals surface area (Å²) in [6, 6.07) is 19.4. The van der Waals surface area contributed by atoms with E-state index in [9.17, 15) is 0 Å². The van der Waals surface area contributed by atoms with Crippen LogP contribution < -0.4 is 0 Å². The predicted molar refractivity (Wildman–Crippen MR) is 83.2 cm³/mol. The molecule has 1 heterocycles. The van der Waals surface area contributed by atoms with Crippen LogP contribution in [0.15, 0.2) is 69.3 Å². The molecule has 1 nitrogen and oxygen atoms in total. The molecule has 1 aliphatic rings. The SMILES string of the molecule is c1ccc(Sc2ccccc2[S+]2CCOCC2)cc1. The van der Waals surface area contributed by atoms with E-state index >= 15 is 0 Å². The molecule has 0 radical (unpaired) electrons. The van der Waals surface area contributed by atoms with Gasteiger partial charge in [-0.15, -0.1) is 0 Å². The van der Waals surface area contributed by atoms with Crippen LogP contribution in [-0.4, -0.2) is 24.7 Å². The van der Waals surface area contributed by atoms with E-state index in [1.807, 2.05) is 11.8 Å². The van der Waals surface area contributed by atoms with Crippen LogP contribution in [0.3, 0.4) is 0 Å². The fraction of sp³-hybridized carbons (Fsp3) is 0.250. The molecular weight excluding hydrogens is 272 g/mol. The molecule has 0 atom stereocenters. The maximum absolute atomic E-state index is 5.48. The predicted octanol–water partition coefficient (Wildman–Crippen LogP) is 3.85. The monoisotopic (exact) mass is 289 g/mol.